The summed E-state index contributed by atoms with van der Waals surface area (Å²) >= 11 is 0. The Bertz CT molecular complexity index is 836. The van der Waals surface area contributed by atoms with Crippen LogP contribution in [0.25, 0.3) is 0 Å². The minimum Gasteiger partial charge on any atom is -0.319 e. The highest BCUT2D eigenvalue weighted by Gasteiger charge is 2.22. The van der Waals surface area contributed by atoms with Crippen molar-refractivity contribution in [3.8, 4) is 6.07 Å². The van der Waals surface area contributed by atoms with E-state index < -0.39 is 47.0 Å². The second kappa shape index (κ2) is 10.0. The molecule has 0 unspecified atom stereocenters. The van der Waals surface area contributed by atoms with Gasteiger partial charge in [-0.05, 0) is 26.8 Å². The molecule has 140 valence electrons. The first kappa shape index (κ1) is 22.9. The number of carbonyl (C=O) groups excluding carboxylic acids is 3. The average Bonchev–Trinajstić information content (AvgIpc) is 2.54. The molecule has 0 radical (unpaired) electrons. The van der Waals surface area contributed by atoms with Crippen molar-refractivity contribution >= 4 is 17.3 Å². The maximum Gasteiger partial charge on any atom is 0.300 e. The van der Waals surface area contributed by atoms with E-state index in [-0.39, 0.29) is 11.1 Å². The van der Waals surface area contributed by atoms with Crippen LogP contribution >= 0.6 is 0 Å². The molecule has 0 aliphatic heterocycles. The van der Waals surface area contributed by atoms with Gasteiger partial charge in [-0.2, -0.15) is 5.26 Å². The van der Waals surface area contributed by atoms with Gasteiger partial charge in [-0.25, -0.2) is 17.6 Å². The number of allylic oxidation sites excluding steroid dienone is 2. The lowest BCUT2D eigenvalue weighted by Crippen LogP contribution is -2.17. The predicted molar refractivity (Wildman–Crippen MR) is 82.2 cm³/mol. The van der Waals surface area contributed by atoms with Crippen molar-refractivity contribution in [2.24, 2.45) is 0 Å². The number of alkyl halides is 4. The van der Waals surface area contributed by atoms with Gasteiger partial charge in [0.15, 0.2) is 11.6 Å². The molecule has 1 N–H and O–H groups in total. The van der Waals surface area contributed by atoms with Crippen molar-refractivity contribution in [3.63, 3.8) is 0 Å². The smallest absolute Gasteiger partial charge is 0.300 e. The highest BCUT2D eigenvalue weighted by molar-refractivity contribution is 6.20. The van der Waals surface area contributed by atoms with Gasteiger partial charge in [0.25, 0.3) is 12.0 Å². The second-order valence-electron chi connectivity index (χ2n) is 4.73. The van der Waals surface area contributed by atoms with Crippen molar-refractivity contribution < 1.29 is 31.9 Å². The molecular weight excluding hydrogens is 360 g/mol. The van der Waals surface area contributed by atoms with Crippen LogP contribution in [0.15, 0.2) is 22.5 Å². The third-order valence-corrected chi connectivity index (χ3v) is 2.92. The van der Waals surface area contributed by atoms with Gasteiger partial charge in [-0.15, -0.1) is 0 Å². The van der Waals surface area contributed by atoms with Gasteiger partial charge < -0.3 is 4.98 Å². The molecule has 0 atom stereocenters. The Morgan fingerprint density at radius 2 is 1.73 bits per heavy atom. The number of H-pyrrole nitrogens is 1. The fourth-order valence-corrected chi connectivity index (χ4v) is 1.73. The largest absolute Gasteiger partial charge is 0.319 e. The van der Waals surface area contributed by atoms with Crippen molar-refractivity contribution in [2.75, 3.05) is 0 Å². The van der Waals surface area contributed by atoms with Crippen molar-refractivity contribution in [3.05, 3.63) is 44.9 Å². The molecule has 0 fully saturated rings. The van der Waals surface area contributed by atoms with Crippen LogP contribution in [0.4, 0.5) is 17.6 Å². The zero-order chi connectivity index (χ0) is 20.6. The molecule has 1 heterocycles. The van der Waals surface area contributed by atoms with Crippen LogP contribution in [0.5, 0.6) is 0 Å². The number of aromatic nitrogens is 1. The number of nitriles is 1. The van der Waals surface area contributed by atoms with E-state index in [4.69, 9.17) is 5.26 Å². The van der Waals surface area contributed by atoms with Crippen molar-refractivity contribution in [1.29, 1.82) is 5.26 Å². The summed E-state index contributed by atoms with van der Waals surface area (Å²) in [6, 6.07) is 2.39. The molecule has 0 saturated carbocycles. The molecule has 1 rings (SSSR count). The van der Waals surface area contributed by atoms with Gasteiger partial charge in [0.05, 0.1) is 11.3 Å². The fraction of sp³-hybridized carbons (Fsp3) is 0.312. The number of hydrogen-bond acceptors (Lipinski definition) is 5. The summed E-state index contributed by atoms with van der Waals surface area (Å²) in [4.78, 5) is 44.8. The van der Waals surface area contributed by atoms with Crippen LogP contribution < -0.4 is 5.56 Å². The second-order valence-corrected chi connectivity index (χ2v) is 4.73. The molecular formula is C16H14F4N2O4. The Kier molecular flexibility index (Phi) is 8.83. The van der Waals surface area contributed by atoms with E-state index in [1.165, 1.54) is 13.0 Å². The van der Waals surface area contributed by atoms with Crippen LogP contribution in [0.3, 0.4) is 0 Å². The van der Waals surface area contributed by atoms with Crippen molar-refractivity contribution in [1.82, 2.24) is 4.98 Å². The average molecular weight is 374 g/mol. The van der Waals surface area contributed by atoms with E-state index in [0.717, 1.165) is 26.0 Å². The van der Waals surface area contributed by atoms with Gasteiger partial charge in [0.1, 0.15) is 11.6 Å². The van der Waals surface area contributed by atoms with Crippen LogP contribution in [0.2, 0.25) is 0 Å². The minimum absolute atomic E-state index is 0.332. The molecule has 0 bridgehead atoms. The predicted octanol–water partition coefficient (Wildman–Crippen LogP) is 2.74. The number of nitrogens with one attached hydrogen (secondary N) is 1. The molecule has 0 aromatic carbocycles. The standard InChI is InChI=1S/C9H6F2N2O2.C7H8F2O2/c1-4(14)6-2-5(3-12)9(15)13-7(6)8(10)11;1-3-5(4(2)10)6(11)7(8)9/h2,8H,1H3,(H,13,15);3,7H,1-2H3/b;5-3+. The Morgan fingerprint density at radius 1 is 1.19 bits per heavy atom. The summed E-state index contributed by atoms with van der Waals surface area (Å²) < 4.78 is 48.2. The molecule has 1 aromatic heterocycles. The number of Topliss-reactive ketones (excluding diaryl/α,β-unsaturated/α-hetero) is 3. The van der Waals surface area contributed by atoms with Crippen LogP contribution in [0, 0.1) is 11.3 Å². The first-order valence-electron chi connectivity index (χ1n) is 6.93. The minimum atomic E-state index is -3.09. The third-order valence-electron chi connectivity index (χ3n) is 2.92. The topological polar surface area (TPSA) is 108 Å². The molecule has 0 saturated heterocycles. The lowest BCUT2D eigenvalue weighted by Gasteiger charge is -2.05. The molecule has 6 nitrogen and oxygen atoms in total. The molecule has 26 heavy (non-hydrogen) atoms. The number of rotatable bonds is 5. The Morgan fingerprint density at radius 3 is 2.00 bits per heavy atom. The summed E-state index contributed by atoms with van der Waals surface area (Å²) in [6.07, 6.45) is -4.95. The fourth-order valence-electron chi connectivity index (χ4n) is 1.73. The van der Waals surface area contributed by atoms with Crippen molar-refractivity contribution in [2.45, 2.75) is 33.6 Å². The normalized spacial score (nSPS) is 10.8. The van der Waals surface area contributed by atoms with Gasteiger partial charge in [0.2, 0.25) is 5.78 Å². The van der Waals surface area contributed by atoms with E-state index in [2.05, 4.69) is 0 Å². The number of hydrogen-bond donors (Lipinski definition) is 1. The summed E-state index contributed by atoms with van der Waals surface area (Å²) in [6.45, 7) is 3.54. The molecule has 0 aliphatic carbocycles. The Labute approximate surface area is 145 Å². The lowest BCUT2D eigenvalue weighted by molar-refractivity contribution is -0.128. The summed E-state index contributed by atoms with van der Waals surface area (Å²) in [5.41, 5.74) is -2.78. The summed E-state index contributed by atoms with van der Waals surface area (Å²) in [5.74, 6) is -2.66. The number of aromatic amines is 1. The highest BCUT2D eigenvalue weighted by atomic mass is 19.3. The molecule has 0 aliphatic rings. The van der Waals surface area contributed by atoms with E-state index in [1.807, 2.05) is 4.98 Å². The molecule has 1 aromatic rings. The summed E-state index contributed by atoms with van der Waals surface area (Å²) in [5, 5.41) is 8.49. The van der Waals surface area contributed by atoms with Crippen LogP contribution in [-0.2, 0) is 9.59 Å². The lowest BCUT2D eigenvalue weighted by atomic mass is 10.1. The first-order valence-corrected chi connectivity index (χ1v) is 6.93. The maximum absolute atomic E-state index is 12.4. The zero-order valence-corrected chi connectivity index (χ0v) is 13.9. The van der Waals surface area contributed by atoms with E-state index in [1.54, 1.807) is 0 Å². The molecule has 0 amide bonds. The zero-order valence-electron chi connectivity index (χ0n) is 13.9. The number of ketones is 3. The van der Waals surface area contributed by atoms with E-state index in [0.29, 0.717) is 0 Å². The van der Waals surface area contributed by atoms with Gasteiger partial charge in [-0.1, -0.05) is 6.08 Å². The highest BCUT2D eigenvalue weighted by Crippen LogP contribution is 2.20. The quantitative estimate of drug-likeness (QED) is 0.280. The third kappa shape index (κ3) is 6.08. The number of halogens is 4. The van der Waals surface area contributed by atoms with Gasteiger partial charge >= 0.3 is 6.43 Å². The number of pyridine rings is 1. The molecule has 0 spiro atoms. The van der Waals surface area contributed by atoms with Crippen LogP contribution in [-0.4, -0.2) is 28.8 Å². The SMILES string of the molecule is C/C=C(\C(C)=O)C(=O)C(F)F.CC(=O)c1cc(C#N)c(=O)[nH]c1C(F)F. The van der Waals surface area contributed by atoms with Gasteiger partial charge in [-0.3, -0.25) is 19.2 Å². The van der Waals surface area contributed by atoms with E-state index >= 15 is 0 Å². The number of nitrogens with zero attached hydrogens (tertiary/aromatic N) is 1. The first-order chi connectivity index (χ1) is 12.0. The van der Waals surface area contributed by atoms with Gasteiger partial charge in [0, 0.05) is 5.56 Å². The monoisotopic (exact) mass is 374 g/mol. The number of carbonyl (C=O) groups is 3. The Hall–Kier alpha value is -3.09. The van der Waals surface area contributed by atoms with E-state index in [9.17, 15) is 36.7 Å². The maximum atomic E-state index is 12.4. The Balaban J connectivity index is 0.000000508. The summed E-state index contributed by atoms with van der Waals surface area (Å²) in [7, 11) is 0. The van der Waals surface area contributed by atoms with Crippen LogP contribution in [0.1, 0.15) is 48.8 Å². The molecule has 10 heteroatoms.